The number of thioether (sulfide) groups is 1. The van der Waals surface area contributed by atoms with Gasteiger partial charge in [0.2, 0.25) is 0 Å². The van der Waals surface area contributed by atoms with Crippen LogP contribution in [0.1, 0.15) is 6.92 Å². The van der Waals surface area contributed by atoms with Gasteiger partial charge in [-0.3, -0.25) is 0 Å². The molecule has 0 aliphatic carbocycles. The third-order valence-electron chi connectivity index (χ3n) is 1.86. The van der Waals surface area contributed by atoms with Gasteiger partial charge < -0.3 is 14.6 Å². The summed E-state index contributed by atoms with van der Waals surface area (Å²) < 4.78 is 9.74. The van der Waals surface area contributed by atoms with Gasteiger partial charge in [0.25, 0.3) is 0 Å². The van der Waals surface area contributed by atoms with E-state index in [1.807, 2.05) is 0 Å². The van der Waals surface area contributed by atoms with E-state index < -0.39 is 17.4 Å². The number of para-hydroxylation sites is 1. The molecule has 0 aromatic heterocycles. The van der Waals surface area contributed by atoms with Crippen LogP contribution in [0.2, 0.25) is 0 Å². The third-order valence-corrected chi connectivity index (χ3v) is 2.75. The molecule has 6 heteroatoms. The maximum Gasteiger partial charge on any atom is 0.372 e. The normalized spacial score (nSPS) is 11.6. The molecular formula is C11H12O5S. The number of carbonyl (C=O) groups is 2. The predicted octanol–water partition coefficient (Wildman–Crippen LogP) is 2.40. The summed E-state index contributed by atoms with van der Waals surface area (Å²) >= 11 is 0.845. The highest BCUT2D eigenvalue weighted by atomic mass is 32.2. The first-order valence-corrected chi connectivity index (χ1v) is 5.60. The zero-order chi connectivity index (χ0) is 12.8. The average Bonchev–Trinajstić information content (AvgIpc) is 2.31. The smallest absolute Gasteiger partial charge is 0.372 e. The molecule has 1 N–H and O–H groups in total. The molecule has 17 heavy (non-hydrogen) atoms. The first kappa shape index (κ1) is 13.4. The van der Waals surface area contributed by atoms with Crippen LogP contribution < -0.4 is 4.74 Å². The Balaban J connectivity index is 2.84. The standard InChI is InChI=1S/C11H12O5S/c1-7(10(12)13)16-8-5-3-4-6-9(8)17-11(14)15-2/h3-7H,1-2H3,(H,12,13). The molecule has 0 amide bonds. The largest absolute Gasteiger partial charge is 0.479 e. The number of rotatable bonds is 4. The molecule has 1 aromatic carbocycles. The Kier molecular flexibility index (Phi) is 4.84. The molecule has 0 saturated carbocycles. The van der Waals surface area contributed by atoms with Gasteiger partial charge in [-0.2, -0.15) is 0 Å². The van der Waals surface area contributed by atoms with Gasteiger partial charge in [0.05, 0.1) is 12.0 Å². The van der Waals surface area contributed by atoms with Gasteiger partial charge in [-0.1, -0.05) is 12.1 Å². The van der Waals surface area contributed by atoms with E-state index in [1.54, 1.807) is 24.3 Å². The number of hydrogen-bond acceptors (Lipinski definition) is 5. The lowest BCUT2D eigenvalue weighted by molar-refractivity contribution is -0.144. The lowest BCUT2D eigenvalue weighted by Crippen LogP contribution is -2.23. The molecule has 1 unspecified atom stereocenters. The Hall–Kier alpha value is -1.69. The van der Waals surface area contributed by atoms with Crippen molar-refractivity contribution in [3.8, 4) is 5.75 Å². The summed E-state index contributed by atoms with van der Waals surface area (Å²) in [5, 5.41) is 8.26. The van der Waals surface area contributed by atoms with Crippen molar-refractivity contribution in [2.24, 2.45) is 0 Å². The Bertz CT molecular complexity index is 418. The number of methoxy groups -OCH3 is 1. The van der Waals surface area contributed by atoms with Crippen molar-refractivity contribution in [3.05, 3.63) is 24.3 Å². The minimum absolute atomic E-state index is 0.345. The minimum atomic E-state index is -1.07. The van der Waals surface area contributed by atoms with Gasteiger partial charge in [-0.25, -0.2) is 9.59 Å². The third kappa shape index (κ3) is 3.99. The first-order valence-electron chi connectivity index (χ1n) is 4.79. The van der Waals surface area contributed by atoms with Gasteiger partial charge >= 0.3 is 11.3 Å². The number of hydrogen-bond donors (Lipinski definition) is 1. The van der Waals surface area contributed by atoms with Crippen LogP contribution in [0.3, 0.4) is 0 Å². The summed E-state index contributed by atoms with van der Waals surface area (Å²) in [6, 6.07) is 6.69. The van der Waals surface area contributed by atoms with E-state index in [9.17, 15) is 9.59 Å². The van der Waals surface area contributed by atoms with E-state index in [1.165, 1.54) is 14.0 Å². The van der Waals surface area contributed by atoms with Crippen molar-refractivity contribution in [1.29, 1.82) is 0 Å². The topological polar surface area (TPSA) is 72.8 Å². The second kappa shape index (κ2) is 6.15. The van der Waals surface area contributed by atoms with E-state index in [4.69, 9.17) is 9.84 Å². The molecule has 1 aromatic rings. The van der Waals surface area contributed by atoms with E-state index in [-0.39, 0.29) is 0 Å². The SMILES string of the molecule is COC(=O)Sc1ccccc1OC(C)C(=O)O. The van der Waals surface area contributed by atoms with Crippen molar-refractivity contribution < 1.29 is 24.2 Å². The molecule has 0 fully saturated rings. The molecule has 92 valence electrons. The summed E-state index contributed by atoms with van der Waals surface area (Å²) in [7, 11) is 1.28. The Morgan fingerprint density at radius 3 is 2.59 bits per heavy atom. The molecule has 1 atom stereocenters. The second-order valence-corrected chi connectivity index (χ2v) is 4.08. The summed E-state index contributed by atoms with van der Waals surface area (Å²) in [4.78, 5) is 22.3. The zero-order valence-corrected chi connectivity index (χ0v) is 10.2. The molecular weight excluding hydrogens is 244 g/mol. The lowest BCUT2D eigenvalue weighted by atomic mass is 10.3. The van der Waals surface area contributed by atoms with E-state index in [2.05, 4.69) is 4.74 Å². The van der Waals surface area contributed by atoms with Crippen molar-refractivity contribution >= 4 is 23.0 Å². The summed E-state index contributed by atoms with van der Waals surface area (Å²) in [5.74, 6) is -0.722. The fourth-order valence-electron chi connectivity index (χ4n) is 1.00. The second-order valence-electron chi connectivity index (χ2n) is 3.10. The fourth-order valence-corrected chi connectivity index (χ4v) is 1.63. The Morgan fingerprint density at radius 2 is 2.00 bits per heavy atom. The minimum Gasteiger partial charge on any atom is -0.479 e. The summed E-state index contributed by atoms with van der Waals surface area (Å²) in [6.07, 6.45) is -0.977. The van der Waals surface area contributed by atoms with E-state index in [0.29, 0.717) is 10.6 Å². The highest BCUT2D eigenvalue weighted by Gasteiger charge is 2.16. The number of carboxylic acid groups (broad SMARTS) is 1. The highest BCUT2D eigenvalue weighted by Crippen LogP contribution is 2.30. The van der Waals surface area contributed by atoms with Gasteiger partial charge in [-0.05, 0) is 30.8 Å². The van der Waals surface area contributed by atoms with Gasteiger partial charge in [0.15, 0.2) is 6.10 Å². The highest BCUT2D eigenvalue weighted by molar-refractivity contribution is 8.13. The van der Waals surface area contributed by atoms with Crippen LogP contribution in [0.15, 0.2) is 29.2 Å². The van der Waals surface area contributed by atoms with Crippen molar-refractivity contribution in [1.82, 2.24) is 0 Å². The van der Waals surface area contributed by atoms with Crippen molar-refractivity contribution in [3.63, 3.8) is 0 Å². The van der Waals surface area contributed by atoms with Crippen LogP contribution >= 0.6 is 11.8 Å². The molecule has 0 spiro atoms. The average molecular weight is 256 g/mol. The molecule has 0 aliphatic heterocycles. The summed E-state index contributed by atoms with van der Waals surface area (Å²) in [6.45, 7) is 1.42. The van der Waals surface area contributed by atoms with Crippen LogP contribution in [0.5, 0.6) is 5.75 Å². The van der Waals surface area contributed by atoms with Crippen LogP contribution in [0.25, 0.3) is 0 Å². The predicted molar refractivity (Wildman–Crippen MR) is 62.4 cm³/mol. The van der Waals surface area contributed by atoms with Crippen LogP contribution in [-0.4, -0.2) is 29.6 Å². The van der Waals surface area contributed by atoms with E-state index >= 15 is 0 Å². The molecule has 0 heterocycles. The van der Waals surface area contributed by atoms with Crippen LogP contribution in [0, 0.1) is 0 Å². The number of ether oxygens (including phenoxy) is 2. The molecule has 0 bridgehead atoms. The molecule has 5 nitrogen and oxygen atoms in total. The van der Waals surface area contributed by atoms with Crippen molar-refractivity contribution in [2.75, 3.05) is 7.11 Å². The summed E-state index contributed by atoms with van der Waals surface area (Å²) in [5.41, 5.74) is 0. The molecule has 0 aliphatic rings. The van der Waals surface area contributed by atoms with Crippen LogP contribution in [-0.2, 0) is 9.53 Å². The molecule has 0 radical (unpaired) electrons. The lowest BCUT2D eigenvalue weighted by Gasteiger charge is -2.13. The molecule has 1 rings (SSSR count). The number of aliphatic carboxylic acids is 1. The Labute approximate surface area is 103 Å². The molecule has 0 saturated heterocycles. The maximum atomic E-state index is 11.1. The van der Waals surface area contributed by atoms with Crippen LogP contribution in [0.4, 0.5) is 4.79 Å². The quantitative estimate of drug-likeness (QED) is 0.658. The first-order chi connectivity index (χ1) is 8.04. The monoisotopic (exact) mass is 256 g/mol. The van der Waals surface area contributed by atoms with Gasteiger partial charge in [0, 0.05) is 0 Å². The number of carbonyl (C=O) groups excluding carboxylic acids is 1. The number of benzene rings is 1. The van der Waals surface area contributed by atoms with Gasteiger partial charge in [0.1, 0.15) is 5.75 Å². The van der Waals surface area contributed by atoms with E-state index in [0.717, 1.165) is 11.8 Å². The maximum absolute atomic E-state index is 11.1. The fraction of sp³-hybridized carbons (Fsp3) is 0.273. The van der Waals surface area contributed by atoms with Gasteiger partial charge in [-0.15, -0.1) is 0 Å². The van der Waals surface area contributed by atoms with Crippen molar-refractivity contribution in [2.45, 2.75) is 17.9 Å². The number of carboxylic acids is 1. The zero-order valence-electron chi connectivity index (χ0n) is 9.38. The Morgan fingerprint density at radius 1 is 1.35 bits per heavy atom.